The summed E-state index contributed by atoms with van der Waals surface area (Å²) < 4.78 is 0. The predicted molar refractivity (Wildman–Crippen MR) is 39.0 cm³/mol. The van der Waals surface area contributed by atoms with E-state index in [1.54, 1.807) is 12.4 Å². The minimum Gasteiger partial charge on any atom is -0.392 e. The van der Waals surface area contributed by atoms with Crippen molar-refractivity contribution >= 4 is 11.6 Å². The minimum atomic E-state index is -0.459. The Kier molecular flexibility index (Phi) is 2.71. The van der Waals surface area contributed by atoms with Gasteiger partial charge in [0.15, 0.2) is 0 Å². The molecular weight excluding hydrogens is 152 g/mol. The molecule has 0 radical (unpaired) electrons. The van der Waals surface area contributed by atoms with Crippen molar-refractivity contribution in [2.45, 2.75) is 12.5 Å². The van der Waals surface area contributed by atoms with Gasteiger partial charge in [-0.25, -0.2) is 0 Å². The van der Waals surface area contributed by atoms with Crippen molar-refractivity contribution in [1.29, 1.82) is 0 Å². The summed E-state index contributed by atoms with van der Waals surface area (Å²) in [7, 11) is 0. The van der Waals surface area contributed by atoms with Crippen LogP contribution in [0.5, 0.6) is 0 Å². The minimum absolute atomic E-state index is 0.269. The standard InChI is InChI=1S/C6H9ClN2O/c7-2-6(10)1-5-3-8-9-4-5/h3-4,6,10H,1-2H2,(H,8,9)/t6-/m1/s1. The second kappa shape index (κ2) is 3.58. The van der Waals surface area contributed by atoms with Crippen LogP contribution in [0, 0.1) is 0 Å². The van der Waals surface area contributed by atoms with Crippen molar-refractivity contribution < 1.29 is 5.11 Å². The molecule has 0 aromatic carbocycles. The molecule has 10 heavy (non-hydrogen) atoms. The molecule has 56 valence electrons. The first-order chi connectivity index (χ1) is 4.83. The molecule has 3 nitrogen and oxygen atoms in total. The summed E-state index contributed by atoms with van der Waals surface area (Å²) in [5.74, 6) is 0.269. The van der Waals surface area contributed by atoms with Crippen LogP contribution in [0.15, 0.2) is 12.4 Å². The Morgan fingerprint density at radius 3 is 3.10 bits per heavy atom. The molecule has 0 aliphatic rings. The lowest BCUT2D eigenvalue weighted by molar-refractivity contribution is 0.199. The van der Waals surface area contributed by atoms with Gasteiger partial charge in [0.05, 0.1) is 12.3 Å². The average molecular weight is 161 g/mol. The Bertz CT molecular complexity index is 176. The molecule has 0 aliphatic carbocycles. The molecule has 1 heterocycles. The second-order valence-electron chi connectivity index (χ2n) is 2.12. The molecule has 0 unspecified atom stereocenters. The van der Waals surface area contributed by atoms with E-state index >= 15 is 0 Å². The van der Waals surface area contributed by atoms with E-state index in [-0.39, 0.29) is 5.88 Å². The van der Waals surface area contributed by atoms with E-state index in [2.05, 4.69) is 10.2 Å². The highest BCUT2D eigenvalue weighted by atomic mass is 35.5. The van der Waals surface area contributed by atoms with Crippen LogP contribution in [-0.2, 0) is 6.42 Å². The molecule has 1 aromatic heterocycles. The number of hydrogen-bond donors (Lipinski definition) is 2. The lowest BCUT2D eigenvalue weighted by Crippen LogP contribution is -2.11. The first-order valence-electron chi connectivity index (χ1n) is 3.04. The van der Waals surface area contributed by atoms with Crippen LogP contribution >= 0.6 is 11.6 Å². The van der Waals surface area contributed by atoms with Gasteiger partial charge in [-0.1, -0.05) is 0 Å². The second-order valence-corrected chi connectivity index (χ2v) is 2.43. The number of aromatic nitrogens is 2. The molecule has 2 N–H and O–H groups in total. The summed E-state index contributed by atoms with van der Waals surface area (Å²) in [6.45, 7) is 0. The molecule has 4 heteroatoms. The first kappa shape index (κ1) is 7.57. The summed E-state index contributed by atoms with van der Waals surface area (Å²) in [5.41, 5.74) is 0.980. The number of nitrogens with one attached hydrogen (secondary N) is 1. The van der Waals surface area contributed by atoms with Crippen molar-refractivity contribution in [2.75, 3.05) is 5.88 Å². The van der Waals surface area contributed by atoms with Gasteiger partial charge in [-0.15, -0.1) is 11.6 Å². The third-order valence-corrected chi connectivity index (χ3v) is 1.56. The maximum atomic E-state index is 9.06. The van der Waals surface area contributed by atoms with Gasteiger partial charge in [0, 0.05) is 18.5 Å². The largest absolute Gasteiger partial charge is 0.392 e. The van der Waals surface area contributed by atoms with Gasteiger partial charge in [0.1, 0.15) is 0 Å². The van der Waals surface area contributed by atoms with Gasteiger partial charge in [-0.05, 0) is 5.56 Å². The summed E-state index contributed by atoms with van der Waals surface area (Å²) >= 11 is 5.39. The number of aliphatic hydroxyl groups is 1. The van der Waals surface area contributed by atoms with Gasteiger partial charge in [0.25, 0.3) is 0 Å². The molecule has 1 aromatic rings. The number of aliphatic hydroxyl groups excluding tert-OH is 1. The Morgan fingerprint density at radius 2 is 2.60 bits per heavy atom. The van der Waals surface area contributed by atoms with Crippen LogP contribution in [0.3, 0.4) is 0 Å². The molecule has 0 amide bonds. The van der Waals surface area contributed by atoms with E-state index in [4.69, 9.17) is 16.7 Å². The van der Waals surface area contributed by atoms with Crippen LogP contribution in [0.4, 0.5) is 0 Å². The lowest BCUT2D eigenvalue weighted by atomic mass is 10.2. The van der Waals surface area contributed by atoms with Crippen molar-refractivity contribution in [3.63, 3.8) is 0 Å². The third-order valence-electron chi connectivity index (χ3n) is 1.20. The highest BCUT2D eigenvalue weighted by Crippen LogP contribution is 2.00. The van der Waals surface area contributed by atoms with Gasteiger partial charge in [-0.3, -0.25) is 5.10 Å². The Labute approximate surface area is 64.0 Å². The zero-order chi connectivity index (χ0) is 7.40. The van der Waals surface area contributed by atoms with Crippen molar-refractivity contribution in [3.8, 4) is 0 Å². The highest BCUT2D eigenvalue weighted by Gasteiger charge is 2.03. The third kappa shape index (κ3) is 2.01. The molecule has 0 saturated heterocycles. The number of hydrogen-bond acceptors (Lipinski definition) is 2. The number of alkyl halides is 1. The fraction of sp³-hybridized carbons (Fsp3) is 0.500. The van der Waals surface area contributed by atoms with Crippen LogP contribution < -0.4 is 0 Å². The summed E-state index contributed by atoms with van der Waals surface area (Å²) in [4.78, 5) is 0. The number of nitrogens with zero attached hydrogens (tertiary/aromatic N) is 1. The van der Waals surface area contributed by atoms with Gasteiger partial charge >= 0.3 is 0 Å². The molecule has 0 fully saturated rings. The maximum absolute atomic E-state index is 9.06. The predicted octanol–water partition coefficient (Wildman–Crippen LogP) is 0.552. The van der Waals surface area contributed by atoms with E-state index in [0.717, 1.165) is 5.56 Å². The van der Waals surface area contributed by atoms with E-state index in [1.165, 1.54) is 0 Å². The monoisotopic (exact) mass is 160 g/mol. The molecular formula is C6H9ClN2O. The Morgan fingerprint density at radius 1 is 1.80 bits per heavy atom. The van der Waals surface area contributed by atoms with Crippen LogP contribution in [0.25, 0.3) is 0 Å². The molecule has 0 aliphatic heterocycles. The van der Waals surface area contributed by atoms with Crippen LogP contribution in [-0.4, -0.2) is 27.3 Å². The van der Waals surface area contributed by atoms with Gasteiger partial charge in [-0.2, -0.15) is 5.10 Å². The topological polar surface area (TPSA) is 48.9 Å². The quantitative estimate of drug-likeness (QED) is 0.635. The van der Waals surface area contributed by atoms with E-state index < -0.39 is 6.10 Å². The molecule has 0 spiro atoms. The van der Waals surface area contributed by atoms with Crippen molar-refractivity contribution in [3.05, 3.63) is 18.0 Å². The fourth-order valence-corrected chi connectivity index (χ4v) is 0.825. The highest BCUT2D eigenvalue weighted by molar-refractivity contribution is 6.18. The molecule has 1 atom stereocenters. The Hall–Kier alpha value is -0.540. The van der Waals surface area contributed by atoms with Crippen LogP contribution in [0.1, 0.15) is 5.56 Å². The van der Waals surface area contributed by atoms with Crippen LogP contribution in [0.2, 0.25) is 0 Å². The number of H-pyrrole nitrogens is 1. The maximum Gasteiger partial charge on any atom is 0.0716 e. The van der Waals surface area contributed by atoms with Crippen molar-refractivity contribution in [2.24, 2.45) is 0 Å². The fourth-order valence-electron chi connectivity index (χ4n) is 0.716. The SMILES string of the molecule is O[C@@H](CCl)Cc1cn[nH]c1. The van der Waals surface area contributed by atoms with Gasteiger partial charge < -0.3 is 5.11 Å². The number of aromatic amines is 1. The number of halogens is 1. The van der Waals surface area contributed by atoms with Crippen molar-refractivity contribution in [1.82, 2.24) is 10.2 Å². The summed E-state index contributed by atoms with van der Waals surface area (Å²) in [6.07, 6.45) is 3.53. The first-order valence-corrected chi connectivity index (χ1v) is 3.58. The number of rotatable bonds is 3. The van der Waals surface area contributed by atoms with E-state index in [9.17, 15) is 0 Å². The summed E-state index contributed by atoms with van der Waals surface area (Å²) in [5, 5.41) is 15.4. The smallest absolute Gasteiger partial charge is 0.0716 e. The van der Waals surface area contributed by atoms with E-state index in [1.807, 2.05) is 0 Å². The zero-order valence-corrected chi connectivity index (χ0v) is 6.17. The Balaban J connectivity index is 2.40. The molecule has 1 rings (SSSR count). The average Bonchev–Trinajstić information content (AvgIpc) is 2.40. The molecule has 0 saturated carbocycles. The lowest BCUT2D eigenvalue weighted by Gasteiger charge is -2.01. The normalized spacial score (nSPS) is 13.4. The molecule has 0 bridgehead atoms. The van der Waals surface area contributed by atoms with E-state index in [0.29, 0.717) is 6.42 Å². The van der Waals surface area contributed by atoms with Gasteiger partial charge in [0.2, 0.25) is 0 Å². The summed E-state index contributed by atoms with van der Waals surface area (Å²) in [6, 6.07) is 0. The zero-order valence-electron chi connectivity index (χ0n) is 5.42.